The fourth-order valence-corrected chi connectivity index (χ4v) is 4.37. The largest absolute Gasteiger partial charge is 0.342 e. The topological polar surface area (TPSA) is 45.2 Å². The minimum absolute atomic E-state index is 0.0685. The number of fused-ring (bicyclic) bond motifs is 1. The molecule has 4 nitrogen and oxygen atoms in total. The van der Waals surface area contributed by atoms with Crippen LogP contribution in [-0.4, -0.2) is 42.0 Å². The van der Waals surface area contributed by atoms with Gasteiger partial charge in [-0.15, -0.1) is 11.3 Å². The first kappa shape index (κ1) is 15.9. The molecule has 2 fully saturated rings. The monoisotopic (exact) mass is 321 g/mol. The summed E-state index contributed by atoms with van der Waals surface area (Å²) in [5.74, 6) is 1.79. The molecule has 122 valence electrons. The fraction of sp³-hybridized carbons (Fsp3) is 0.765. The third-order valence-electron chi connectivity index (χ3n) is 4.90. The summed E-state index contributed by atoms with van der Waals surface area (Å²) >= 11 is 1.67. The Labute approximate surface area is 137 Å². The highest BCUT2D eigenvalue weighted by atomic mass is 32.1. The molecule has 0 spiro atoms. The Morgan fingerprint density at radius 1 is 1.32 bits per heavy atom. The van der Waals surface area contributed by atoms with E-state index in [4.69, 9.17) is 0 Å². The summed E-state index contributed by atoms with van der Waals surface area (Å²) in [5, 5.41) is 6.65. The minimum atomic E-state index is 0.0685. The van der Waals surface area contributed by atoms with Gasteiger partial charge in [-0.25, -0.2) is 4.98 Å². The molecule has 0 saturated carbocycles. The van der Waals surface area contributed by atoms with Crippen LogP contribution in [0, 0.1) is 11.8 Å². The smallest absolute Gasteiger partial charge is 0.228 e. The number of amides is 1. The molecule has 2 aliphatic heterocycles. The van der Waals surface area contributed by atoms with E-state index < -0.39 is 0 Å². The van der Waals surface area contributed by atoms with Gasteiger partial charge in [-0.1, -0.05) is 20.8 Å². The molecular weight excluding hydrogens is 294 g/mol. The van der Waals surface area contributed by atoms with E-state index >= 15 is 0 Å². The molecule has 1 N–H and O–H groups in total. The van der Waals surface area contributed by atoms with Gasteiger partial charge in [0.05, 0.1) is 17.1 Å². The summed E-state index contributed by atoms with van der Waals surface area (Å²) in [4.78, 5) is 19.3. The summed E-state index contributed by atoms with van der Waals surface area (Å²) in [6.07, 6.45) is 2.75. The van der Waals surface area contributed by atoms with Gasteiger partial charge >= 0.3 is 0 Å². The molecule has 1 aromatic heterocycles. The molecule has 1 aromatic rings. The van der Waals surface area contributed by atoms with Crippen molar-refractivity contribution in [3.8, 4) is 0 Å². The van der Waals surface area contributed by atoms with E-state index in [1.165, 1.54) is 0 Å². The highest BCUT2D eigenvalue weighted by Gasteiger charge is 2.31. The average molecular weight is 321 g/mol. The Hall–Kier alpha value is -0.940. The normalized spacial score (nSPS) is 25.9. The Morgan fingerprint density at radius 3 is 2.50 bits per heavy atom. The van der Waals surface area contributed by atoms with Crippen LogP contribution in [0.5, 0.6) is 0 Å². The van der Waals surface area contributed by atoms with Gasteiger partial charge in [0.25, 0.3) is 0 Å². The van der Waals surface area contributed by atoms with Crippen LogP contribution < -0.4 is 5.32 Å². The third-order valence-corrected chi connectivity index (χ3v) is 6.21. The molecule has 3 heterocycles. The standard InChI is InChI=1S/C17H27N3OS/c1-17(2,3)16-19-14(11-22-16)8-15(21)20-6-4-12-9-18-10-13(12)5-7-20/h11-13,18H,4-10H2,1-3H3/t12-,13+. The van der Waals surface area contributed by atoms with E-state index in [1.54, 1.807) is 11.3 Å². The predicted octanol–water partition coefficient (Wildman–Crippen LogP) is 2.44. The number of thiazole rings is 1. The molecule has 2 saturated heterocycles. The second-order valence-electron chi connectivity index (χ2n) is 7.71. The van der Waals surface area contributed by atoms with Gasteiger partial charge in [0.2, 0.25) is 5.91 Å². The number of hydrogen-bond donors (Lipinski definition) is 1. The molecular formula is C17H27N3OS. The number of hydrogen-bond acceptors (Lipinski definition) is 4. The number of rotatable bonds is 2. The molecule has 3 rings (SSSR count). The lowest BCUT2D eigenvalue weighted by atomic mass is 9.92. The first-order valence-electron chi connectivity index (χ1n) is 8.37. The Bertz CT molecular complexity index is 520. The number of nitrogens with zero attached hydrogens (tertiary/aromatic N) is 2. The van der Waals surface area contributed by atoms with Gasteiger partial charge in [0.1, 0.15) is 0 Å². The molecule has 22 heavy (non-hydrogen) atoms. The van der Waals surface area contributed by atoms with Crippen molar-refractivity contribution in [1.82, 2.24) is 15.2 Å². The minimum Gasteiger partial charge on any atom is -0.342 e. The molecule has 0 aromatic carbocycles. The Morgan fingerprint density at radius 2 is 1.95 bits per heavy atom. The molecule has 2 atom stereocenters. The summed E-state index contributed by atoms with van der Waals surface area (Å²) in [7, 11) is 0. The van der Waals surface area contributed by atoms with Gasteiger partial charge in [-0.2, -0.15) is 0 Å². The molecule has 0 aliphatic carbocycles. The maximum atomic E-state index is 12.6. The first-order valence-corrected chi connectivity index (χ1v) is 9.25. The van der Waals surface area contributed by atoms with E-state index in [0.29, 0.717) is 6.42 Å². The van der Waals surface area contributed by atoms with Crippen molar-refractivity contribution in [3.63, 3.8) is 0 Å². The quantitative estimate of drug-likeness (QED) is 0.910. The van der Waals surface area contributed by atoms with Crippen LogP contribution in [0.15, 0.2) is 5.38 Å². The van der Waals surface area contributed by atoms with Crippen molar-refractivity contribution in [1.29, 1.82) is 0 Å². The van der Waals surface area contributed by atoms with E-state index in [-0.39, 0.29) is 11.3 Å². The number of carbonyl (C=O) groups excluding carboxylic acids is 1. The second kappa shape index (κ2) is 6.28. The van der Waals surface area contributed by atoms with Crippen LogP contribution in [-0.2, 0) is 16.6 Å². The van der Waals surface area contributed by atoms with Crippen LogP contribution in [0.2, 0.25) is 0 Å². The van der Waals surface area contributed by atoms with Crippen LogP contribution in [0.4, 0.5) is 0 Å². The zero-order chi connectivity index (χ0) is 15.7. The van der Waals surface area contributed by atoms with Gasteiger partial charge < -0.3 is 10.2 Å². The van der Waals surface area contributed by atoms with Crippen molar-refractivity contribution in [3.05, 3.63) is 16.1 Å². The zero-order valence-electron chi connectivity index (χ0n) is 13.9. The van der Waals surface area contributed by atoms with Crippen LogP contribution in [0.3, 0.4) is 0 Å². The highest BCUT2D eigenvalue weighted by molar-refractivity contribution is 7.09. The van der Waals surface area contributed by atoms with E-state index in [2.05, 4.69) is 41.4 Å². The highest BCUT2D eigenvalue weighted by Crippen LogP contribution is 2.28. The second-order valence-corrected chi connectivity index (χ2v) is 8.57. The molecule has 2 aliphatic rings. The lowest BCUT2D eigenvalue weighted by Crippen LogP contribution is -2.34. The van der Waals surface area contributed by atoms with Gasteiger partial charge in [0.15, 0.2) is 0 Å². The van der Waals surface area contributed by atoms with E-state index in [0.717, 1.165) is 61.6 Å². The predicted molar refractivity (Wildman–Crippen MR) is 90.2 cm³/mol. The van der Waals surface area contributed by atoms with Gasteiger partial charge in [0, 0.05) is 23.9 Å². The van der Waals surface area contributed by atoms with Gasteiger partial charge in [-0.05, 0) is 37.8 Å². The van der Waals surface area contributed by atoms with Crippen molar-refractivity contribution < 1.29 is 4.79 Å². The maximum Gasteiger partial charge on any atom is 0.228 e. The molecule has 0 radical (unpaired) electrons. The van der Waals surface area contributed by atoms with Crippen LogP contribution in [0.25, 0.3) is 0 Å². The zero-order valence-corrected chi connectivity index (χ0v) is 14.7. The van der Waals surface area contributed by atoms with Crippen molar-refractivity contribution in [2.24, 2.45) is 11.8 Å². The summed E-state index contributed by atoms with van der Waals surface area (Å²) in [6.45, 7) is 10.6. The summed E-state index contributed by atoms with van der Waals surface area (Å²) in [6, 6.07) is 0. The average Bonchev–Trinajstić information content (AvgIpc) is 3.04. The number of nitrogens with one attached hydrogen (secondary N) is 1. The lowest BCUT2D eigenvalue weighted by molar-refractivity contribution is -0.130. The van der Waals surface area contributed by atoms with Crippen LogP contribution >= 0.6 is 11.3 Å². The Balaban J connectivity index is 1.59. The first-order chi connectivity index (χ1) is 10.4. The molecule has 0 unspecified atom stereocenters. The van der Waals surface area contributed by atoms with E-state index in [9.17, 15) is 4.79 Å². The Kier molecular flexibility index (Phi) is 4.55. The summed E-state index contributed by atoms with van der Waals surface area (Å²) < 4.78 is 0. The van der Waals surface area contributed by atoms with Crippen molar-refractivity contribution in [2.75, 3.05) is 26.2 Å². The van der Waals surface area contributed by atoms with Crippen molar-refractivity contribution in [2.45, 2.75) is 45.4 Å². The molecule has 1 amide bonds. The molecule has 5 heteroatoms. The van der Waals surface area contributed by atoms with Crippen molar-refractivity contribution >= 4 is 17.2 Å². The van der Waals surface area contributed by atoms with Crippen LogP contribution in [0.1, 0.15) is 44.3 Å². The third kappa shape index (κ3) is 3.51. The maximum absolute atomic E-state index is 12.6. The number of carbonyl (C=O) groups is 1. The number of aromatic nitrogens is 1. The lowest BCUT2D eigenvalue weighted by Gasteiger charge is -2.20. The van der Waals surface area contributed by atoms with E-state index in [1.807, 2.05) is 0 Å². The fourth-order valence-electron chi connectivity index (χ4n) is 3.47. The van der Waals surface area contributed by atoms with Gasteiger partial charge in [-0.3, -0.25) is 4.79 Å². The SMILES string of the molecule is CC(C)(C)c1nc(CC(=O)N2CC[C@@H]3CNC[C@@H]3CC2)cs1. The number of likely N-dealkylation sites (tertiary alicyclic amines) is 1. The summed E-state index contributed by atoms with van der Waals surface area (Å²) in [5.41, 5.74) is 1.00. The molecule has 0 bridgehead atoms.